The van der Waals surface area contributed by atoms with Gasteiger partial charge in [0.1, 0.15) is 5.75 Å². The van der Waals surface area contributed by atoms with Gasteiger partial charge in [0, 0.05) is 17.1 Å². The number of hydrogen-bond acceptors (Lipinski definition) is 4. The Bertz CT molecular complexity index is 1260. The second-order valence-corrected chi connectivity index (χ2v) is 11.8. The third-order valence-electron chi connectivity index (χ3n) is 6.21. The number of piperidine rings is 1. The molecule has 3 aromatic carbocycles. The van der Waals surface area contributed by atoms with E-state index in [2.05, 4.69) is 4.90 Å². The summed E-state index contributed by atoms with van der Waals surface area (Å²) < 4.78 is 35.0. The lowest BCUT2D eigenvalue weighted by Crippen LogP contribution is -2.31. The van der Waals surface area contributed by atoms with Gasteiger partial charge in [-0.15, -0.1) is 0 Å². The number of anilines is 1. The summed E-state index contributed by atoms with van der Waals surface area (Å²) in [6.45, 7) is 3.86. The van der Waals surface area contributed by atoms with Gasteiger partial charge in [-0.2, -0.15) is 0 Å². The van der Waals surface area contributed by atoms with Crippen LogP contribution in [0.15, 0.2) is 71.6 Å². The van der Waals surface area contributed by atoms with Gasteiger partial charge < -0.3 is 9.64 Å². The normalized spacial score (nSPS) is 14.5. The van der Waals surface area contributed by atoms with Crippen LogP contribution in [0.4, 0.5) is 5.69 Å². The largest absolute Gasteiger partial charge is 0.493 e. The number of likely N-dealkylation sites (tertiary alicyclic amines) is 1. The summed E-state index contributed by atoms with van der Waals surface area (Å²) in [6.07, 6.45) is 4.73. The fourth-order valence-corrected chi connectivity index (χ4v) is 6.33. The highest BCUT2D eigenvalue weighted by molar-refractivity contribution is 7.92. The molecule has 0 bridgehead atoms. The Morgan fingerprint density at radius 2 is 1.58 bits per heavy atom. The number of ether oxygens (including phenoxy) is 1. The van der Waals surface area contributed by atoms with Crippen molar-refractivity contribution in [1.82, 2.24) is 4.90 Å². The summed E-state index contributed by atoms with van der Waals surface area (Å²) in [4.78, 5) is 2.57. The first-order valence-electron chi connectivity index (χ1n) is 12.0. The molecule has 3 aromatic rings. The maximum Gasteiger partial charge on any atom is 0.264 e. The fourth-order valence-electron chi connectivity index (χ4n) is 4.30. The molecule has 1 saturated heterocycles. The molecule has 0 aromatic heterocycles. The molecule has 0 atom stereocenters. The maximum atomic E-state index is 13.8. The SMILES string of the molecule is O=S(=O)(c1ccc(Cl)cc1)N(Cc1ccccc1OCCCN1CCCCC1)c1cccc(Cl)c1Cl. The van der Waals surface area contributed by atoms with Gasteiger partial charge in [-0.25, -0.2) is 8.42 Å². The van der Waals surface area contributed by atoms with Crippen molar-refractivity contribution in [1.29, 1.82) is 0 Å². The minimum atomic E-state index is -4.00. The average Bonchev–Trinajstić information content (AvgIpc) is 2.88. The van der Waals surface area contributed by atoms with Crippen molar-refractivity contribution in [2.75, 3.05) is 30.5 Å². The zero-order valence-corrected chi connectivity index (χ0v) is 23.0. The third kappa shape index (κ3) is 6.67. The van der Waals surface area contributed by atoms with Crippen LogP contribution in [0, 0.1) is 0 Å². The highest BCUT2D eigenvalue weighted by Gasteiger charge is 2.28. The van der Waals surface area contributed by atoms with E-state index in [1.165, 1.54) is 35.7 Å². The minimum absolute atomic E-state index is 0.0212. The monoisotopic (exact) mass is 566 g/mol. The first-order valence-corrected chi connectivity index (χ1v) is 14.6. The third-order valence-corrected chi connectivity index (χ3v) is 9.05. The number of rotatable bonds is 10. The van der Waals surface area contributed by atoms with E-state index in [1.807, 2.05) is 24.3 Å². The van der Waals surface area contributed by atoms with Gasteiger partial charge in [0.05, 0.1) is 33.8 Å². The van der Waals surface area contributed by atoms with E-state index in [9.17, 15) is 8.42 Å². The van der Waals surface area contributed by atoms with Crippen molar-refractivity contribution in [2.24, 2.45) is 0 Å². The smallest absolute Gasteiger partial charge is 0.264 e. The number of sulfonamides is 1. The van der Waals surface area contributed by atoms with E-state index in [1.54, 1.807) is 30.3 Å². The van der Waals surface area contributed by atoms with Crippen molar-refractivity contribution >= 4 is 50.5 Å². The van der Waals surface area contributed by atoms with Gasteiger partial charge in [0.2, 0.25) is 0 Å². The van der Waals surface area contributed by atoms with E-state index in [-0.39, 0.29) is 21.5 Å². The van der Waals surface area contributed by atoms with E-state index >= 15 is 0 Å². The zero-order valence-electron chi connectivity index (χ0n) is 19.9. The molecule has 9 heteroatoms. The summed E-state index contributed by atoms with van der Waals surface area (Å²) >= 11 is 18.8. The van der Waals surface area contributed by atoms with Crippen LogP contribution in [0.2, 0.25) is 15.1 Å². The van der Waals surface area contributed by atoms with Crippen molar-refractivity contribution < 1.29 is 13.2 Å². The van der Waals surface area contributed by atoms with E-state index < -0.39 is 10.0 Å². The average molecular weight is 568 g/mol. The van der Waals surface area contributed by atoms with Crippen molar-refractivity contribution in [2.45, 2.75) is 37.1 Å². The Kier molecular flexibility index (Phi) is 9.42. The van der Waals surface area contributed by atoms with E-state index in [0.717, 1.165) is 31.6 Å². The summed E-state index contributed by atoms with van der Waals surface area (Å²) in [5.41, 5.74) is 1.02. The molecular weight excluding hydrogens is 539 g/mol. The van der Waals surface area contributed by atoms with Gasteiger partial charge in [-0.3, -0.25) is 4.31 Å². The van der Waals surface area contributed by atoms with Crippen LogP contribution in [-0.2, 0) is 16.6 Å². The molecule has 1 aliphatic heterocycles. The van der Waals surface area contributed by atoms with Crippen LogP contribution < -0.4 is 9.04 Å². The second-order valence-electron chi connectivity index (χ2n) is 8.75. The molecule has 0 N–H and O–H groups in total. The predicted octanol–water partition coefficient (Wildman–Crippen LogP) is 7.30. The van der Waals surface area contributed by atoms with Gasteiger partial charge in [-0.05, 0) is 74.8 Å². The van der Waals surface area contributed by atoms with Crippen molar-refractivity contribution in [3.63, 3.8) is 0 Å². The zero-order chi connectivity index (χ0) is 25.5. The Hall–Kier alpha value is -1.96. The van der Waals surface area contributed by atoms with Crippen LogP contribution in [-0.4, -0.2) is 39.6 Å². The van der Waals surface area contributed by atoms with Gasteiger partial charge in [0.25, 0.3) is 10.0 Å². The molecular formula is C27H29Cl3N2O3S. The first kappa shape index (κ1) is 27.1. The standard InChI is InChI=1S/C27H29Cl3N2O3S/c28-22-12-14-23(15-13-22)36(33,34)32(25-10-6-9-24(29)27(25)30)20-21-8-2-3-11-26(21)35-19-7-18-31-16-4-1-5-17-31/h2-3,6,8-15H,1,4-5,7,16-20H2. The van der Waals surface area contributed by atoms with Crippen LogP contribution in [0.3, 0.4) is 0 Å². The molecule has 36 heavy (non-hydrogen) atoms. The Morgan fingerprint density at radius 1 is 0.861 bits per heavy atom. The molecule has 1 fully saturated rings. The minimum Gasteiger partial charge on any atom is -0.493 e. The molecule has 0 aliphatic carbocycles. The summed E-state index contributed by atoms with van der Waals surface area (Å²) in [5.74, 6) is 0.644. The fraction of sp³-hybridized carbons (Fsp3) is 0.333. The van der Waals surface area contributed by atoms with Crippen LogP contribution in [0.1, 0.15) is 31.2 Å². The lowest BCUT2D eigenvalue weighted by atomic mass is 10.1. The molecule has 0 amide bonds. The number of nitrogens with zero attached hydrogens (tertiary/aromatic N) is 2. The predicted molar refractivity (Wildman–Crippen MR) is 148 cm³/mol. The molecule has 192 valence electrons. The molecule has 4 rings (SSSR count). The molecule has 0 radical (unpaired) electrons. The van der Waals surface area contributed by atoms with Gasteiger partial charge >= 0.3 is 0 Å². The Labute approximate surface area is 228 Å². The van der Waals surface area contributed by atoms with Crippen molar-refractivity contribution in [3.05, 3.63) is 87.4 Å². The van der Waals surface area contributed by atoms with Crippen LogP contribution in [0.25, 0.3) is 0 Å². The number of hydrogen-bond donors (Lipinski definition) is 0. The van der Waals surface area contributed by atoms with E-state index in [0.29, 0.717) is 23.1 Å². The number of benzene rings is 3. The van der Waals surface area contributed by atoms with Crippen molar-refractivity contribution in [3.8, 4) is 5.75 Å². The van der Waals surface area contributed by atoms with Gasteiger partial charge in [-0.1, -0.05) is 65.5 Å². The second kappa shape index (κ2) is 12.5. The lowest BCUT2D eigenvalue weighted by molar-refractivity contribution is 0.204. The van der Waals surface area contributed by atoms with Crippen LogP contribution >= 0.6 is 34.8 Å². The molecule has 0 spiro atoms. The topological polar surface area (TPSA) is 49.9 Å². The Morgan fingerprint density at radius 3 is 2.33 bits per heavy atom. The number of halogens is 3. The van der Waals surface area contributed by atoms with E-state index in [4.69, 9.17) is 39.5 Å². The molecule has 0 unspecified atom stereocenters. The lowest BCUT2D eigenvalue weighted by Gasteiger charge is -2.27. The van der Waals surface area contributed by atoms with Crippen LogP contribution in [0.5, 0.6) is 5.75 Å². The molecule has 1 heterocycles. The first-order chi connectivity index (χ1) is 17.4. The molecule has 0 saturated carbocycles. The quantitative estimate of drug-likeness (QED) is 0.241. The van der Waals surface area contributed by atoms with Gasteiger partial charge in [0.15, 0.2) is 0 Å². The summed E-state index contributed by atoms with van der Waals surface area (Å²) in [5, 5.41) is 0.883. The highest BCUT2D eigenvalue weighted by Crippen LogP contribution is 2.37. The summed E-state index contributed by atoms with van der Waals surface area (Å²) in [6, 6.07) is 18.5. The Balaban J connectivity index is 1.58. The highest BCUT2D eigenvalue weighted by atomic mass is 35.5. The molecule has 5 nitrogen and oxygen atoms in total. The number of para-hydroxylation sites is 1. The molecule has 1 aliphatic rings. The maximum absolute atomic E-state index is 13.8. The summed E-state index contributed by atoms with van der Waals surface area (Å²) in [7, 11) is -4.00.